The summed E-state index contributed by atoms with van der Waals surface area (Å²) < 4.78 is 47.2. The van der Waals surface area contributed by atoms with E-state index in [1.54, 1.807) is 19.2 Å². The quantitative estimate of drug-likeness (QED) is 0.379. The Morgan fingerprint density at radius 2 is 1.90 bits per heavy atom. The van der Waals surface area contributed by atoms with Crippen LogP contribution in [0.5, 0.6) is 5.88 Å². The van der Waals surface area contributed by atoms with Crippen LogP contribution in [0, 0.1) is 5.82 Å². The predicted molar refractivity (Wildman–Crippen MR) is 101 cm³/mol. The number of aromatic nitrogens is 5. The van der Waals surface area contributed by atoms with E-state index in [-0.39, 0.29) is 15.9 Å². The van der Waals surface area contributed by atoms with Gasteiger partial charge in [0.25, 0.3) is 0 Å². The molecule has 150 valence electrons. The molecule has 1 unspecified atom stereocenters. The van der Waals surface area contributed by atoms with Gasteiger partial charge >= 0.3 is 6.55 Å². The van der Waals surface area contributed by atoms with E-state index in [2.05, 4.69) is 15.2 Å². The molecule has 4 rings (SSSR count). The van der Waals surface area contributed by atoms with E-state index in [0.717, 1.165) is 0 Å². The molecular formula is C18H12Cl2F3N5O. The molecule has 0 amide bonds. The minimum absolute atomic E-state index is 0.129. The average Bonchev–Trinajstić information content (AvgIpc) is 3.31. The van der Waals surface area contributed by atoms with Gasteiger partial charge in [0.1, 0.15) is 11.9 Å². The number of fused-ring (bicyclic) bond motifs is 1. The maximum Gasteiger partial charge on any atom is 0.333 e. The lowest BCUT2D eigenvalue weighted by atomic mass is 10.1. The third-order valence-electron chi connectivity index (χ3n) is 4.24. The maximum absolute atomic E-state index is 13.8. The molecule has 29 heavy (non-hydrogen) atoms. The first kappa shape index (κ1) is 19.5. The molecule has 0 aliphatic heterocycles. The third-order valence-corrected chi connectivity index (χ3v) is 4.95. The molecule has 0 aliphatic rings. The number of hydrogen-bond donors (Lipinski definition) is 0. The molecule has 1 atom stereocenters. The first-order valence-corrected chi connectivity index (χ1v) is 9.08. The minimum Gasteiger partial charge on any atom is -0.470 e. The Bertz CT molecular complexity index is 1190. The van der Waals surface area contributed by atoms with Crippen LogP contribution in [-0.4, -0.2) is 24.4 Å². The zero-order valence-corrected chi connectivity index (χ0v) is 16.2. The lowest BCUT2D eigenvalue weighted by Gasteiger charge is -2.17. The molecular weight excluding hydrogens is 430 g/mol. The minimum atomic E-state index is -2.75. The van der Waals surface area contributed by atoms with Crippen molar-refractivity contribution >= 4 is 28.8 Å². The summed E-state index contributed by atoms with van der Waals surface area (Å²) in [5.74, 6) is -0.413. The highest BCUT2D eigenvalue weighted by molar-refractivity contribution is 6.36. The van der Waals surface area contributed by atoms with Gasteiger partial charge in [0.2, 0.25) is 5.88 Å². The van der Waals surface area contributed by atoms with Crippen molar-refractivity contribution in [1.82, 2.24) is 24.4 Å². The molecule has 4 aromatic rings. The first-order chi connectivity index (χ1) is 13.8. The molecule has 0 aliphatic carbocycles. The summed E-state index contributed by atoms with van der Waals surface area (Å²) in [4.78, 5) is 4.39. The zero-order chi connectivity index (χ0) is 20.7. The lowest BCUT2D eigenvalue weighted by Crippen LogP contribution is -2.07. The van der Waals surface area contributed by atoms with Gasteiger partial charge in [0.05, 0.1) is 17.4 Å². The van der Waals surface area contributed by atoms with Crippen molar-refractivity contribution in [2.45, 2.75) is 19.6 Å². The molecule has 11 heteroatoms. The molecule has 6 nitrogen and oxygen atoms in total. The summed E-state index contributed by atoms with van der Waals surface area (Å²) >= 11 is 12.2. The Kier molecular flexibility index (Phi) is 5.10. The van der Waals surface area contributed by atoms with Crippen LogP contribution in [-0.2, 0) is 0 Å². The van der Waals surface area contributed by atoms with Crippen molar-refractivity contribution < 1.29 is 17.9 Å². The fourth-order valence-corrected chi connectivity index (χ4v) is 3.54. The van der Waals surface area contributed by atoms with E-state index in [0.29, 0.717) is 27.0 Å². The third kappa shape index (κ3) is 3.63. The Hall–Kier alpha value is -2.78. The molecule has 0 N–H and O–H groups in total. The molecule has 1 aromatic carbocycles. The molecule has 3 aromatic heterocycles. The van der Waals surface area contributed by atoms with Gasteiger partial charge in [-0.3, -0.25) is 0 Å². The SMILES string of the molecule is CC(Oc1ccn2ncc(-c3cnn(C(F)F)c3)c2n1)c1c(Cl)ccc(F)c1Cl. The molecule has 3 heterocycles. The average molecular weight is 442 g/mol. The summed E-state index contributed by atoms with van der Waals surface area (Å²) in [6.07, 6.45) is 4.88. The van der Waals surface area contributed by atoms with Crippen molar-refractivity contribution in [2.75, 3.05) is 0 Å². The van der Waals surface area contributed by atoms with Crippen molar-refractivity contribution in [3.8, 4) is 17.0 Å². The Labute approximate surface area is 172 Å². The molecule has 0 radical (unpaired) electrons. The maximum atomic E-state index is 13.8. The van der Waals surface area contributed by atoms with Crippen LogP contribution in [0.3, 0.4) is 0 Å². The fraction of sp³-hybridized carbons (Fsp3) is 0.167. The summed E-state index contributed by atoms with van der Waals surface area (Å²) in [5.41, 5.74) is 1.59. The summed E-state index contributed by atoms with van der Waals surface area (Å²) in [7, 11) is 0. The Morgan fingerprint density at radius 3 is 2.62 bits per heavy atom. The Balaban J connectivity index is 1.68. The van der Waals surface area contributed by atoms with Crippen LogP contribution in [0.25, 0.3) is 16.8 Å². The highest BCUT2D eigenvalue weighted by Crippen LogP contribution is 2.35. The summed E-state index contributed by atoms with van der Waals surface area (Å²) in [6.45, 7) is -1.10. The number of hydrogen-bond acceptors (Lipinski definition) is 4. The van der Waals surface area contributed by atoms with E-state index in [4.69, 9.17) is 27.9 Å². The highest BCUT2D eigenvalue weighted by atomic mass is 35.5. The number of halogens is 5. The second kappa shape index (κ2) is 7.57. The van der Waals surface area contributed by atoms with Crippen LogP contribution in [0.4, 0.5) is 13.2 Å². The van der Waals surface area contributed by atoms with Gasteiger partial charge in [-0.1, -0.05) is 23.2 Å². The lowest BCUT2D eigenvalue weighted by molar-refractivity contribution is 0.0566. The number of ether oxygens (including phenoxy) is 1. The van der Waals surface area contributed by atoms with Crippen LogP contribution >= 0.6 is 23.2 Å². The van der Waals surface area contributed by atoms with E-state index >= 15 is 0 Å². The van der Waals surface area contributed by atoms with Crippen LogP contribution in [0.2, 0.25) is 10.0 Å². The van der Waals surface area contributed by atoms with Crippen molar-refractivity contribution in [2.24, 2.45) is 0 Å². The van der Waals surface area contributed by atoms with Crippen molar-refractivity contribution in [1.29, 1.82) is 0 Å². The molecule has 0 spiro atoms. The van der Waals surface area contributed by atoms with Crippen molar-refractivity contribution in [3.05, 3.63) is 64.4 Å². The molecule has 0 saturated carbocycles. The largest absolute Gasteiger partial charge is 0.470 e. The second-order valence-electron chi connectivity index (χ2n) is 6.10. The van der Waals surface area contributed by atoms with E-state index < -0.39 is 18.5 Å². The molecule has 0 fully saturated rings. The van der Waals surface area contributed by atoms with Crippen LogP contribution in [0.1, 0.15) is 25.1 Å². The topological polar surface area (TPSA) is 57.2 Å². The first-order valence-electron chi connectivity index (χ1n) is 8.32. The summed E-state index contributed by atoms with van der Waals surface area (Å²) in [5, 5.41) is 7.90. The van der Waals surface area contributed by atoms with Gasteiger partial charge in [-0.05, 0) is 19.1 Å². The van der Waals surface area contributed by atoms with Crippen LogP contribution in [0.15, 0.2) is 43.0 Å². The zero-order valence-electron chi connectivity index (χ0n) is 14.7. The molecule has 0 saturated heterocycles. The highest BCUT2D eigenvalue weighted by Gasteiger charge is 2.20. The van der Waals surface area contributed by atoms with Gasteiger partial charge in [0, 0.05) is 40.2 Å². The summed E-state index contributed by atoms with van der Waals surface area (Å²) in [6, 6.07) is 4.12. The number of nitrogens with zero attached hydrogens (tertiary/aromatic N) is 5. The van der Waals surface area contributed by atoms with Gasteiger partial charge in [0.15, 0.2) is 5.65 Å². The predicted octanol–water partition coefficient (Wildman–Crippen LogP) is 5.57. The smallest absolute Gasteiger partial charge is 0.333 e. The van der Waals surface area contributed by atoms with Gasteiger partial charge in [-0.15, -0.1) is 0 Å². The van der Waals surface area contributed by atoms with Crippen LogP contribution < -0.4 is 4.74 Å². The second-order valence-corrected chi connectivity index (χ2v) is 6.88. The van der Waals surface area contributed by atoms with E-state index in [1.807, 2.05) is 0 Å². The number of benzene rings is 1. The van der Waals surface area contributed by atoms with Gasteiger partial charge in [-0.2, -0.15) is 24.0 Å². The number of alkyl halides is 2. The standard InChI is InChI=1S/C18H12Cl2F3N5O/c1-9(15-12(19)2-3-13(21)16(15)20)29-14-4-5-27-17(26-14)11(7-25-27)10-6-24-28(8-10)18(22)23/h2-9,18H,1H3. The monoisotopic (exact) mass is 441 g/mol. The van der Waals surface area contributed by atoms with E-state index in [1.165, 1.54) is 35.2 Å². The van der Waals surface area contributed by atoms with E-state index in [9.17, 15) is 13.2 Å². The Morgan fingerprint density at radius 1 is 1.10 bits per heavy atom. The van der Waals surface area contributed by atoms with Crippen molar-refractivity contribution in [3.63, 3.8) is 0 Å². The fourth-order valence-electron chi connectivity index (χ4n) is 2.86. The normalized spacial score (nSPS) is 12.7. The number of rotatable bonds is 5. The van der Waals surface area contributed by atoms with Gasteiger partial charge < -0.3 is 4.74 Å². The molecule has 0 bridgehead atoms. The van der Waals surface area contributed by atoms with Gasteiger partial charge in [-0.25, -0.2) is 13.6 Å².